The van der Waals surface area contributed by atoms with Gasteiger partial charge in [-0.15, -0.1) is 0 Å². The number of hydrogen-bond donors (Lipinski definition) is 2. The molecule has 1 saturated heterocycles. The quantitative estimate of drug-likeness (QED) is 0.663. The van der Waals surface area contributed by atoms with Gasteiger partial charge in [0.15, 0.2) is 0 Å². The Morgan fingerprint density at radius 3 is 2.66 bits per heavy atom. The van der Waals surface area contributed by atoms with E-state index in [4.69, 9.17) is 16.6 Å². The topological polar surface area (TPSA) is 66.9 Å². The van der Waals surface area contributed by atoms with Crippen LogP contribution in [-0.4, -0.2) is 38.3 Å². The summed E-state index contributed by atoms with van der Waals surface area (Å²) in [6.45, 7) is 0.867. The van der Waals surface area contributed by atoms with Crippen LogP contribution in [0.4, 0.5) is 11.6 Å². The Morgan fingerprint density at radius 1 is 1.07 bits per heavy atom. The maximum Gasteiger partial charge on any atom is 0.126 e. The van der Waals surface area contributed by atoms with E-state index in [0.717, 1.165) is 53.8 Å². The highest BCUT2D eigenvalue weighted by Crippen LogP contribution is 2.30. The maximum absolute atomic E-state index is 11.5. The molecular weight excluding hydrogens is 404 g/mol. The zero-order valence-electron chi connectivity index (χ0n) is 16.7. The lowest BCUT2D eigenvalue weighted by molar-refractivity contribution is 0.462. The summed E-state index contributed by atoms with van der Waals surface area (Å²) >= 11 is 6.46. The van der Waals surface area contributed by atoms with Gasteiger partial charge in [-0.3, -0.25) is 4.21 Å². The molecule has 7 heteroatoms. The first-order chi connectivity index (χ1) is 14.2. The minimum atomic E-state index is -0.616. The van der Waals surface area contributed by atoms with Crippen molar-refractivity contribution in [3.8, 4) is 11.3 Å². The van der Waals surface area contributed by atoms with Crippen LogP contribution in [0.1, 0.15) is 44.9 Å². The fourth-order valence-electron chi connectivity index (χ4n) is 4.15. The molecule has 5 nitrogen and oxygen atoms in total. The van der Waals surface area contributed by atoms with Crippen LogP contribution in [0.15, 0.2) is 30.5 Å². The second-order valence-electron chi connectivity index (χ2n) is 8.11. The molecule has 0 amide bonds. The third-order valence-corrected chi connectivity index (χ3v) is 7.60. The van der Waals surface area contributed by atoms with Crippen molar-refractivity contribution >= 4 is 34.0 Å². The summed E-state index contributed by atoms with van der Waals surface area (Å²) in [6, 6.07) is 8.49. The average molecular weight is 433 g/mol. The van der Waals surface area contributed by atoms with Gasteiger partial charge in [-0.25, -0.2) is 9.97 Å². The molecule has 1 aliphatic carbocycles. The highest BCUT2D eigenvalue weighted by molar-refractivity contribution is 7.85. The first-order valence-corrected chi connectivity index (χ1v) is 12.5. The smallest absolute Gasteiger partial charge is 0.126 e. The molecule has 2 aromatic heterocycles. The van der Waals surface area contributed by atoms with Gasteiger partial charge in [0.25, 0.3) is 0 Å². The molecule has 0 bridgehead atoms. The maximum atomic E-state index is 11.5. The summed E-state index contributed by atoms with van der Waals surface area (Å²) in [5.74, 6) is 3.93. The van der Waals surface area contributed by atoms with Crippen LogP contribution in [0.2, 0.25) is 5.02 Å². The molecule has 29 heavy (non-hydrogen) atoms. The van der Waals surface area contributed by atoms with E-state index in [-0.39, 0.29) is 0 Å². The van der Waals surface area contributed by atoms with Crippen LogP contribution in [-0.2, 0) is 10.8 Å². The standard InChI is InChI=1S/C22H29ClN4OS/c23-19-15-25-22(26-17-5-2-1-3-6-17)13-18(19)20-7-4-8-21(27-20)24-14-16-9-11-29(28)12-10-16/h4,7-8,13,15-17H,1-3,5-6,9-12,14H2,(H,24,27)(H,25,26). The number of aromatic nitrogens is 2. The molecule has 0 spiro atoms. The predicted molar refractivity (Wildman–Crippen MR) is 122 cm³/mol. The first kappa shape index (κ1) is 20.6. The summed E-state index contributed by atoms with van der Waals surface area (Å²) in [5.41, 5.74) is 1.75. The second kappa shape index (κ2) is 9.90. The van der Waals surface area contributed by atoms with E-state index < -0.39 is 10.8 Å². The molecule has 2 aliphatic rings. The molecule has 3 heterocycles. The molecule has 2 fully saturated rings. The Labute approximate surface area is 180 Å². The van der Waals surface area contributed by atoms with Gasteiger partial charge in [0.2, 0.25) is 0 Å². The summed E-state index contributed by atoms with van der Waals surface area (Å²) in [6.07, 6.45) is 10.1. The molecule has 0 unspecified atom stereocenters. The number of rotatable bonds is 6. The molecule has 0 atom stereocenters. The molecule has 4 rings (SSSR count). The zero-order chi connectivity index (χ0) is 20.1. The second-order valence-corrected chi connectivity index (χ2v) is 10.2. The highest BCUT2D eigenvalue weighted by Gasteiger charge is 2.18. The van der Waals surface area contributed by atoms with E-state index in [1.165, 1.54) is 32.1 Å². The largest absolute Gasteiger partial charge is 0.370 e. The Balaban J connectivity index is 1.44. The van der Waals surface area contributed by atoms with Crippen molar-refractivity contribution in [1.29, 1.82) is 0 Å². The fourth-order valence-corrected chi connectivity index (χ4v) is 5.75. The molecule has 156 valence electrons. The summed E-state index contributed by atoms with van der Waals surface area (Å²) < 4.78 is 11.5. The van der Waals surface area contributed by atoms with E-state index in [0.29, 0.717) is 17.0 Å². The highest BCUT2D eigenvalue weighted by atomic mass is 35.5. The van der Waals surface area contributed by atoms with E-state index in [1.807, 2.05) is 24.3 Å². The van der Waals surface area contributed by atoms with Gasteiger partial charge in [-0.1, -0.05) is 36.9 Å². The molecule has 0 radical (unpaired) electrons. The van der Waals surface area contributed by atoms with Gasteiger partial charge >= 0.3 is 0 Å². The van der Waals surface area contributed by atoms with Crippen LogP contribution in [0.25, 0.3) is 11.3 Å². The van der Waals surface area contributed by atoms with Crippen molar-refractivity contribution in [1.82, 2.24) is 9.97 Å². The van der Waals surface area contributed by atoms with Gasteiger partial charge in [0.1, 0.15) is 11.6 Å². The van der Waals surface area contributed by atoms with Crippen molar-refractivity contribution in [3.05, 3.63) is 35.5 Å². The minimum absolute atomic E-state index is 0.496. The summed E-state index contributed by atoms with van der Waals surface area (Å²) in [4.78, 5) is 9.25. The van der Waals surface area contributed by atoms with Gasteiger partial charge in [0, 0.05) is 46.7 Å². The van der Waals surface area contributed by atoms with E-state index in [2.05, 4.69) is 15.6 Å². The minimum Gasteiger partial charge on any atom is -0.370 e. The summed E-state index contributed by atoms with van der Waals surface area (Å²) in [5, 5.41) is 7.63. The number of hydrogen-bond acceptors (Lipinski definition) is 5. The third-order valence-electron chi connectivity index (χ3n) is 5.92. The van der Waals surface area contributed by atoms with E-state index in [9.17, 15) is 4.21 Å². The number of pyridine rings is 2. The van der Waals surface area contributed by atoms with Crippen LogP contribution in [0.5, 0.6) is 0 Å². The van der Waals surface area contributed by atoms with E-state index in [1.54, 1.807) is 6.20 Å². The van der Waals surface area contributed by atoms with Crippen LogP contribution >= 0.6 is 11.6 Å². The first-order valence-electron chi connectivity index (χ1n) is 10.7. The fraction of sp³-hybridized carbons (Fsp3) is 0.545. The SMILES string of the molecule is O=S1CCC(CNc2cccc(-c3cc(NC4CCCCC4)ncc3Cl)n2)CC1. The van der Waals surface area contributed by atoms with Crippen LogP contribution in [0.3, 0.4) is 0 Å². The Morgan fingerprint density at radius 2 is 1.86 bits per heavy atom. The molecule has 1 aliphatic heterocycles. The number of halogens is 1. The van der Waals surface area contributed by atoms with Crippen molar-refractivity contribution in [2.24, 2.45) is 5.92 Å². The van der Waals surface area contributed by atoms with Gasteiger partial charge < -0.3 is 10.6 Å². The molecule has 2 aromatic rings. The van der Waals surface area contributed by atoms with Crippen molar-refractivity contribution in [2.75, 3.05) is 28.7 Å². The molecular formula is C22H29ClN4OS. The number of nitrogens with zero attached hydrogens (tertiary/aromatic N) is 2. The van der Waals surface area contributed by atoms with Gasteiger partial charge in [-0.05, 0) is 49.8 Å². The predicted octanol–water partition coefficient (Wildman–Crippen LogP) is 5.11. The summed E-state index contributed by atoms with van der Waals surface area (Å²) in [7, 11) is -0.616. The van der Waals surface area contributed by atoms with Crippen molar-refractivity contribution in [3.63, 3.8) is 0 Å². The van der Waals surface area contributed by atoms with Crippen LogP contribution in [0, 0.1) is 5.92 Å². The third kappa shape index (κ3) is 5.70. The lowest BCUT2D eigenvalue weighted by Gasteiger charge is -2.23. The monoisotopic (exact) mass is 432 g/mol. The Hall–Kier alpha value is -1.66. The Bertz CT molecular complexity index is 846. The lowest BCUT2D eigenvalue weighted by atomic mass is 9.95. The Kier molecular flexibility index (Phi) is 7.03. The number of anilines is 2. The van der Waals surface area contributed by atoms with Gasteiger partial charge in [0.05, 0.1) is 10.7 Å². The normalized spacial score (nSPS) is 22.9. The lowest BCUT2D eigenvalue weighted by Crippen LogP contribution is -2.24. The van der Waals surface area contributed by atoms with Crippen LogP contribution < -0.4 is 10.6 Å². The van der Waals surface area contributed by atoms with E-state index >= 15 is 0 Å². The molecule has 1 saturated carbocycles. The van der Waals surface area contributed by atoms with Crippen molar-refractivity contribution in [2.45, 2.75) is 51.0 Å². The average Bonchev–Trinajstić information content (AvgIpc) is 2.76. The molecule has 0 aromatic carbocycles. The van der Waals surface area contributed by atoms with Gasteiger partial charge in [-0.2, -0.15) is 0 Å². The zero-order valence-corrected chi connectivity index (χ0v) is 18.3. The van der Waals surface area contributed by atoms with Crippen molar-refractivity contribution < 1.29 is 4.21 Å². The number of nitrogens with one attached hydrogen (secondary N) is 2. The molecule has 2 N–H and O–H groups in total.